The molecule has 84 valence electrons. The Labute approximate surface area is 103 Å². The van der Waals surface area contributed by atoms with E-state index in [1.165, 1.54) is 0 Å². The summed E-state index contributed by atoms with van der Waals surface area (Å²) in [6.45, 7) is 0. The summed E-state index contributed by atoms with van der Waals surface area (Å²) in [5, 5.41) is 2.01. The summed E-state index contributed by atoms with van der Waals surface area (Å²) in [7, 11) is 0. The number of hydrogen-bond acceptors (Lipinski definition) is 3. The lowest BCUT2D eigenvalue weighted by molar-refractivity contribution is 0.104. The van der Waals surface area contributed by atoms with Gasteiger partial charge < -0.3 is 5.73 Å². The average Bonchev–Trinajstić information content (AvgIpc) is 2.89. The summed E-state index contributed by atoms with van der Waals surface area (Å²) >= 11 is 1.64. The molecule has 0 atom stereocenters. The minimum Gasteiger partial charge on any atom is -0.399 e. The first-order valence-electron chi connectivity index (χ1n) is 5.41. The summed E-state index contributed by atoms with van der Waals surface area (Å²) in [5.74, 6) is 0.133. The van der Waals surface area contributed by atoms with Crippen molar-refractivity contribution in [3.05, 3.63) is 57.3 Å². The number of benzene rings is 1. The number of rotatable bonds is 1. The topological polar surface area (TPSA) is 43.1 Å². The van der Waals surface area contributed by atoms with Crippen LogP contribution in [0.4, 0.5) is 5.69 Å². The molecule has 0 saturated carbocycles. The maximum Gasteiger partial charge on any atom is 0.189 e. The summed E-state index contributed by atoms with van der Waals surface area (Å²) < 4.78 is 0. The second-order valence-corrected chi connectivity index (χ2v) is 5.09. The number of Topliss-reactive ketones (excluding diaryl/α,β-unsaturated/α-hetero) is 1. The molecule has 0 unspecified atom stereocenters. The van der Waals surface area contributed by atoms with Crippen LogP contribution in [0.5, 0.6) is 0 Å². The van der Waals surface area contributed by atoms with Crippen molar-refractivity contribution in [2.24, 2.45) is 0 Å². The molecule has 0 saturated heterocycles. The van der Waals surface area contributed by atoms with Crippen molar-refractivity contribution in [3.8, 4) is 0 Å². The van der Waals surface area contributed by atoms with E-state index in [1.54, 1.807) is 17.4 Å². The molecule has 0 spiro atoms. The lowest BCUT2D eigenvalue weighted by Gasteiger charge is -1.96. The molecule has 1 aliphatic carbocycles. The van der Waals surface area contributed by atoms with Crippen LogP contribution >= 0.6 is 11.3 Å². The predicted molar refractivity (Wildman–Crippen MR) is 71.2 cm³/mol. The number of thiophene rings is 1. The highest BCUT2D eigenvalue weighted by molar-refractivity contribution is 7.10. The lowest BCUT2D eigenvalue weighted by Crippen LogP contribution is -1.95. The zero-order chi connectivity index (χ0) is 11.8. The molecule has 0 amide bonds. The Kier molecular flexibility index (Phi) is 2.34. The molecule has 2 aromatic rings. The van der Waals surface area contributed by atoms with Crippen LogP contribution in [-0.2, 0) is 6.42 Å². The molecule has 0 bridgehead atoms. The number of ketones is 1. The number of anilines is 1. The van der Waals surface area contributed by atoms with Crippen LogP contribution in [0.2, 0.25) is 0 Å². The molecule has 0 aliphatic heterocycles. The van der Waals surface area contributed by atoms with Gasteiger partial charge in [-0.3, -0.25) is 4.79 Å². The van der Waals surface area contributed by atoms with E-state index < -0.39 is 0 Å². The average molecular weight is 241 g/mol. The molecule has 3 rings (SSSR count). The molecule has 1 aliphatic rings. The van der Waals surface area contributed by atoms with E-state index in [2.05, 4.69) is 0 Å². The van der Waals surface area contributed by atoms with Gasteiger partial charge in [0.15, 0.2) is 5.78 Å². The van der Waals surface area contributed by atoms with Crippen LogP contribution in [0.15, 0.2) is 41.3 Å². The zero-order valence-corrected chi connectivity index (χ0v) is 9.96. The van der Waals surface area contributed by atoms with Crippen LogP contribution in [0.25, 0.3) is 6.08 Å². The monoisotopic (exact) mass is 241 g/mol. The highest BCUT2D eigenvalue weighted by Gasteiger charge is 2.24. The number of allylic oxidation sites excluding steroid dienone is 1. The third kappa shape index (κ3) is 1.78. The van der Waals surface area contributed by atoms with Gasteiger partial charge in [0, 0.05) is 28.1 Å². The van der Waals surface area contributed by atoms with Crippen LogP contribution in [0.1, 0.15) is 20.8 Å². The van der Waals surface area contributed by atoms with E-state index in [0.29, 0.717) is 12.1 Å². The minimum absolute atomic E-state index is 0.133. The Morgan fingerprint density at radius 2 is 2.18 bits per heavy atom. The lowest BCUT2D eigenvalue weighted by atomic mass is 10.1. The molecule has 0 radical (unpaired) electrons. The quantitative estimate of drug-likeness (QED) is 0.615. The van der Waals surface area contributed by atoms with Gasteiger partial charge in [0.25, 0.3) is 0 Å². The van der Waals surface area contributed by atoms with Crippen molar-refractivity contribution in [3.63, 3.8) is 0 Å². The maximum atomic E-state index is 12.1. The van der Waals surface area contributed by atoms with Gasteiger partial charge in [0.1, 0.15) is 0 Å². The number of nitrogen functional groups attached to an aromatic ring is 1. The van der Waals surface area contributed by atoms with Gasteiger partial charge in [-0.05, 0) is 41.3 Å². The summed E-state index contributed by atoms with van der Waals surface area (Å²) in [6, 6.07) is 9.50. The minimum atomic E-state index is 0.133. The van der Waals surface area contributed by atoms with E-state index in [4.69, 9.17) is 5.73 Å². The molecule has 1 aromatic heterocycles. The van der Waals surface area contributed by atoms with Crippen LogP contribution in [0.3, 0.4) is 0 Å². The number of carbonyl (C=O) groups excluding carboxylic acids is 1. The van der Waals surface area contributed by atoms with Crippen LogP contribution in [-0.4, -0.2) is 5.78 Å². The van der Waals surface area contributed by atoms with Gasteiger partial charge in [-0.25, -0.2) is 0 Å². The Morgan fingerprint density at radius 3 is 2.94 bits per heavy atom. The van der Waals surface area contributed by atoms with Gasteiger partial charge in [0.2, 0.25) is 0 Å². The number of carbonyl (C=O) groups is 1. The highest BCUT2D eigenvalue weighted by atomic mass is 32.1. The van der Waals surface area contributed by atoms with E-state index in [1.807, 2.05) is 35.7 Å². The molecule has 2 N–H and O–H groups in total. The van der Waals surface area contributed by atoms with Crippen molar-refractivity contribution >= 4 is 28.9 Å². The Hall–Kier alpha value is -1.87. The van der Waals surface area contributed by atoms with E-state index >= 15 is 0 Å². The molecule has 1 aromatic carbocycles. The number of hydrogen-bond donors (Lipinski definition) is 1. The largest absolute Gasteiger partial charge is 0.399 e. The Morgan fingerprint density at radius 1 is 1.29 bits per heavy atom. The second kappa shape index (κ2) is 3.86. The molecule has 1 heterocycles. The van der Waals surface area contributed by atoms with Crippen molar-refractivity contribution in [2.45, 2.75) is 6.42 Å². The second-order valence-electron chi connectivity index (χ2n) is 4.11. The third-order valence-corrected chi connectivity index (χ3v) is 3.73. The summed E-state index contributed by atoms with van der Waals surface area (Å²) in [4.78, 5) is 13.2. The van der Waals surface area contributed by atoms with Crippen molar-refractivity contribution in [1.29, 1.82) is 0 Å². The number of nitrogens with two attached hydrogens (primary N) is 1. The molecule has 0 fully saturated rings. The fourth-order valence-electron chi connectivity index (χ4n) is 2.10. The SMILES string of the molecule is Nc1ccc2c(c1)CC(=Cc1cccs1)C2=O. The van der Waals surface area contributed by atoms with Crippen molar-refractivity contribution in [1.82, 2.24) is 0 Å². The van der Waals surface area contributed by atoms with Gasteiger partial charge in [-0.2, -0.15) is 0 Å². The molecular formula is C14H11NOS. The maximum absolute atomic E-state index is 12.1. The van der Waals surface area contributed by atoms with Gasteiger partial charge in [0.05, 0.1) is 0 Å². The first kappa shape index (κ1) is 10.3. The first-order chi connectivity index (χ1) is 8.24. The zero-order valence-electron chi connectivity index (χ0n) is 9.14. The fourth-order valence-corrected chi connectivity index (χ4v) is 2.78. The van der Waals surface area contributed by atoms with Crippen molar-refractivity contribution in [2.75, 3.05) is 5.73 Å². The van der Waals surface area contributed by atoms with Gasteiger partial charge in [-0.15, -0.1) is 11.3 Å². The van der Waals surface area contributed by atoms with Gasteiger partial charge in [-0.1, -0.05) is 6.07 Å². The van der Waals surface area contributed by atoms with E-state index in [9.17, 15) is 4.79 Å². The molecule has 17 heavy (non-hydrogen) atoms. The first-order valence-corrected chi connectivity index (χ1v) is 6.29. The fraction of sp³-hybridized carbons (Fsp3) is 0.0714. The van der Waals surface area contributed by atoms with Gasteiger partial charge >= 0.3 is 0 Å². The van der Waals surface area contributed by atoms with E-state index in [0.717, 1.165) is 21.6 Å². The van der Waals surface area contributed by atoms with Crippen molar-refractivity contribution < 1.29 is 4.79 Å². The van der Waals surface area contributed by atoms with Crippen LogP contribution in [0, 0.1) is 0 Å². The number of fused-ring (bicyclic) bond motifs is 1. The normalized spacial score (nSPS) is 16.5. The summed E-state index contributed by atoms with van der Waals surface area (Å²) in [5.41, 5.74) is 9.13. The van der Waals surface area contributed by atoms with E-state index in [-0.39, 0.29) is 5.78 Å². The molecule has 2 nitrogen and oxygen atoms in total. The Balaban J connectivity index is 2.02. The third-order valence-electron chi connectivity index (χ3n) is 2.91. The standard InChI is InChI=1S/C14H11NOS/c15-11-3-4-13-9(7-11)6-10(14(13)16)8-12-2-1-5-17-12/h1-5,7-8H,6,15H2. The highest BCUT2D eigenvalue weighted by Crippen LogP contribution is 2.29. The van der Waals surface area contributed by atoms with Crippen LogP contribution < -0.4 is 5.73 Å². The molecular weight excluding hydrogens is 230 g/mol. The smallest absolute Gasteiger partial charge is 0.189 e. The molecule has 3 heteroatoms. The predicted octanol–water partition coefficient (Wildman–Crippen LogP) is 3.15. The Bertz CT molecular complexity index is 611. The summed E-state index contributed by atoms with van der Waals surface area (Å²) in [6.07, 6.45) is 2.67.